The second-order valence-electron chi connectivity index (χ2n) is 4.76. The van der Waals surface area contributed by atoms with Gasteiger partial charge >= 0.3 is 0 Å². The van der Waals surface area contributed by atoms with Crippen LogP contribution in [0, 0.1) is 0 Å². The van der Waals surface area contributed by atoms with Gasteiger partial charge in [-0.15, -0.1) is 11.3 Å². The Kier molecular flexibility index (Phi) is 3.33. The van der Waals surface area contributed by atoms with Crippen molar-refractivity contribution in [3.05, 3.63) is 65.4 Å². The molecule has 0 aliphatic heterocycles. The Morgan fingerprint density at radius 3 is 2.45 bits per heavy atom. The molecule has 2 aromatic heterocycles. The molecule has 0 unspecified atom stereocenters. The number of halogens is 1. The molecule has 4 rings (SSSR count). The molecule has 106 valence electrons. The number of fused-ring (bicyclic) bond motifs is 2. The van der Waals surface area contributed by atoms with E-state index in [9.17, 15) is 0 Å². The number of hydrogen-bond donors (Lipinski definition) is 0. The maximum absolute atomic E-state index is 6.40. The first kappa shape index (κ1) is 13.4. The zero-order valence-electron chi connectivity index (χ0n) is 11.4. The molecule has 0 amide bonds. The Bertz CT molecular complexity index is 974. The summed E-state index contributed by atoms with van der Waals surface area (Å²) in [6.45, 7) is 0. The van der Waals surface area contributed by atoms with Gasteiger partial charge in [-0.2, -0.15) is 0 Å². The van der Waals surface area contributed by atoms with Crippen molar-refractivity contribution < 1.29 is 0 Å². The third kappa shape index (κ3) is 2.47. The van der Waals surface area contributed by atoms with Crippen molar-refractivity contribution in [2.75, 3.05) is 0 Å². The lowest BCUT2D eigenvalue weighted by molar-refractivity contribution is 1.27. The van der Waals surface area contributed by atoms with Crippen molar-refractivity contribution in [1.82, 2.24) is 15.0 Å². The summed E-state index contributed by atoms with van der Waals surface area (Å²) in [5, 5.41) is 1.36. The number of nitrogens with zero attached hydrogens (tertiary/aromatic N) is 3. The number of rotatable bonds is 2. The van der Waals surface area contributed by atoms with Crippen LogP contribution in [-0.4, -0.2) is 15.0 Å². The quantitative estimate of drug-likeness (QED) is 0.522. The Balaban J connectivity index is 1.76. The van der Waals surface area contributed by atoms with Gasteiger partial charge in [0, 0.05) is 0 Å². The smallest absolute Gasteiger partial charge is 0.136 e. The molecule has 4 aromatic rings. The molecule has 0 saturated carbocycles. The molecule has 0 aliphatic rings. The fourth-order valence-electron chi connectivity index (χ4n) is 2.21. The fourth-order valence-corrected chi connectivity index (χ4v) is 3.35. The molecule has 0 saturated heterocycles. The summed E-state index contributed by atoms with van der Waals surface area (Å²) in [6.07, 6.45) is 3.52. The topological polar surface area (TPSA) is 38.7 Å². The van der Waals surface area contributed by atoms with E-state index in [4.69, 9.17) is 11.6 Å². The summed E-state index contributed by atoms with van der Waals surface area (Å²) >= 11 is 7.97. The van der Waals surface area contributed by atoms with Gasteiger partial charge in [-0.25, -0.2) is 9.97 Å². The molecule has 22 heavy (non-hydrogen) atoms. The molecule has 0 radical (unpaired) electrons. The summed E-state index contributed by atoms with van der Waals surface area (Å²) < 4.78 is 1.12. The van der Waals surface area contributed by atoms with Gasteiger partial charge in [0.15, 0.2) is 0 Å². The maximum atomic E-state index is 6.40. The van der Waals surface area contributed by atoms with Crippen molar-refractivity contribution in [2.24, 2.45) is 0 Å². The first-order chi connectivity index (χ1) is 10.8. The average molecular weight is 324 g/mol. The molecule has 0 aliphatic carbocycles. The second-order valence-corrected chi connectivity index (χ2v) is 6.20. The van der Waals surface area contributed by atoms with Crippen molar-refractivity contribution in [1.29, 1.82) is 0 Å². The van der Waals surface area contributed by atoms with Gasteiger partial charge in [-0.1, -0.05) is 35.9 Å². The second kappa shape index (κ2) is 5.48. The van der Waals surface area contributed by atoms with Crippen molar-refractivity contribution in [2.45, 2.75) is 0 Å². The van der Waals surface area contributed by atoms with Crippen molar-refractivity contribution in [3.63, 3.8) is 0 Å². The highest BCUT2D eigenvalue weighted by Gasteiger charge is 2.07. The molecule has 0 fully saturated rings. The van der Waals surface area contributed by atoms with E-state index in [1.54, 1.807) is 23.6 Å². The molecular weight excluding hydrogens is 314 g/mol. The predicted octanol–water partition coefficient (Wildman–Crippen LogP) is 4.98. The van der Waals surface area contributed by atoms with Gasteiger partial charge in [0.2, 0.25) is 0 Å². The van der Waals surface area contributed by atoms with Crippen LogP contribution in [0.15, 0.2) is 54.7 Å². The highest BCUT2D eigenvalue weighted by Crippen LogP contribution is 2.30. The van der Waals surface area contributed by atoms with E-state index in [1.165, 1.54) is 0 Å². The molecule has 5 heteroatoms. The van der Waals surface area contributed by atoms with Gasteiger partial charge in [0.1, 0.15) is 5.01 Å². The van der Waals surface area contributed by atoms with E-state index in [1.807, 2.05) is 48.5 Å². The maximum Gasteiger partial charge on any atom is 0.136 e. The summed E-state index contributed by atoms with van der Waals surface area (Å²) in [5.74, 6) is 0. The van der Waals surface area contributed by atoms with Crippen LogP contribution in [0.2, 0.25) is 0 Å². The first-order valence-electron chi connectivity index (χ1n) is 6.74. The number of para-hydroxylation sites is 3. The number of aromatic nitrogens is 3. The summed E-state index contributed by atoms with van der Waals surface area (Å²) in [5.41, 5.74) is 3.40. The van der Waals surface area contributed by atoms with Crippen LogP contribution in [-0.2, 0) is 0 Å². The number of thiazole rings is 1. The van der Waals surface area contributed by atoms with E-state index in [0.717, 1.165) is 32.0 Å². The third-order valence-corrected chi connectivity index (χ3v) is 4.71. The van der Waals surface area contributed by atoms with Crippen molar-refractivity contribution >= 4 is 55.3 Å². The number of hydrogen-bond acceptors (Lipinski definition) is 4. The van der Waals surface area contributed by atoms with Gasteiger partial charge < -0.3 is 0 Å². The van der Waals surface area contributed by atoms with Crippen LogP contribution in [0.5, 0.6) is 0 Å². The molecule has 2 aromatic carbocycles. The molecule has 0 N–H and O–H groups in total. The Hall–Kier alpha value is -2.30. The summed E-state index contributed by atoms with van der Waals surface area (Å²) in [4.78, 5) is 13.5. The average Bonchev–Trinajstić information content (AvgIpc) is 2.99. The van der Waals surface area contributed by atoms with Crippen LogP contribution in [0.3, 0.4) is 0 Å². The van der Waals surface area contributed by atoms with Crippen LogP contribution in [0.4, 0.5) is 0 Å². The molecule has 0 spiro atoms. The Morgan fingerprint density at radius 1 is 0.909 bits per heavy atom. The zero-order chi connectivity index (χ0) is 14.9. The van der Waals surface area contributed by atoms with Gasteiger partial charge in [0.05, 0.1) is 38.2 Å². The molecule has 3 nitrogen and oxygen atoms in total. The minimum absolute atomic E-state index is 0.575. The minimum Gasteiger partial charge on any atom is -0.252 e. The normalized spacial score (nSPS) is 12.1. The van der Waals surface area contributed by atoms with E-state index in [2.05, 4.69) is 15.0 Å². The monoisotopic (exact) mass is 323 g/mol. The lowest BCUT2D eigenvalue weighted by Gasteiger charge is -1.98. The van der Waals surface area contributed by atoms with Crippen LogP contribution < -0.4 is 0 Å². The fraction of sp³-hybridized carbons (Fsp3) is 0. The van der Waals surface area contributed by atoms with Gasteiger partial charge in [0.25, 0.3) is 0 Å². The summed E-state index contributed by atoms with van der Waals surface area (Å²) in [6, 6.07) is 15.7. The highest BCUT2D eigenvalue weighted by molar-refractivity contribution is 7.20. The van der Waals surface area contributed by atoms with Crippen LogP contribution >= 0.6 is 22.9 Å². The standard InChI is InChI=1S/C17H10ClN3S/c18-12(17-21-15-7-3-4-8-16(15)22-17)9-11-10-19-13-5-1-2-6-14(13)20-11/h1-10H/b12-9-. The number of benzene rings is 2. The van der Waals surface area contributed by atoms with E-state index >= 15 is 0 Å². The van der Waals surface area contributed by atoms with E-state index in [-0.39, 0.29) is 0 Å². The highest BCUT2D eigenvalue weighted by atomic mass is 35.5. The minimum atomic E-state index is 0.575. The molecule has 2 heterocycles. The molecule has 0 bridgehead atoms. The van der Waals surface area contributed by atoms with Gasteiger partial charge in [-0.3, -0.25) is 4.98 Å². The third-order valence-electron chi connectivity index (χ3n) is 3.24. The van der Waals surface area contributed by atoms with Crippen LogP contribution in [0.1, 0.15) is 10.7 Å². The lowest BCUT2D eigenvalue weighted by atomic mass is 10.3. The Labute approximate surface area is 135 Å². The van der Waals surface area contributed by atoms with E-state index in [0.29, 0.717) is 5.03 Å². The zero-order valence-corrected chi connectivity index (χ0v) is 13.0. The predicted molar refractivity (Wildman–Crippen MR) is 92.9 cm³/mol. The SMILES string of the molecule is Cl/C(=C\c1cnc2ccccc2n1)c1nc2ccccc2s1. The van der Waals surface area contributed by atoms with Crippen molar-refractivity contribution in [3.8, 4) is 0 Å². The van der Waals surface area contributed by atoms with Crippen LogP contribution in [0.25, 0.3) is 32.4 Å². The molecule has 0 atom stereocenters. The molecular formula is C17H10ClN3S. The lowest BCUT2D eigenvalue weighted by Crippen LogP contribution is -1.87. The Morgan fingerprint density at radius 2 is 1.64 bits per heavy atom. The first-order valence-corrected chi connectivity index (χ1v) is 7.94. The largest absolute Gasteiger partial charge is 0.252 e. The van der Waals surface area contributed by atoms with Gasteiger partial charge in [-0.05, 0) is 30.3 Å². The van der Waals surface area contributed by atoms with E-state index < -0.39 is 0 Å². The summed E-state index contributed by atoms with van der Waals surface area (Å²) in [7, 11) is 0.